The van der Waals surface area contributed by atoms with E-state index in [2.05, 4.69) is 5.43 Å². The first-order chi connectivity index (χ1) is 7.54. The number of halogens is 1. The van der Waals surface area contributed by atoms with Gasteiger partial charge in [-0.05, 0) is 32.4 Å². The molecule has 1 atom stereocenters. The molecule has 90 valence electrons. The Kier molecular flexibility index (Phi) is 4.86. The van der Waals surface area contributed by atoms with Crippen molar-refractivity contribution >= 4 is 0 Å². The van der Waals surface area contributed by atoms with Crippen LogP contribution in [0.2, 0.25) is 0 Å². The molecule has 1 aromatic rings. The second-order valence-corrected chi connectivity index (χ2v) is 4.13. The Bertz CT molecular complexity index is 342. The number of aryl methyl sites for hydroxylation is 1. The Morgan fingerprint density at radius 2 is 2.12 bits per heavy atom. The van der Waals surface area contributed by atoms with Crippen molar-refractivity contribution in [1.29, 1.82) is 0 Å². The SMILES string of the molecule is Cc1ccc(C(COC(C)C)NN)c(F)c1. The van der Waals surface area contributed by atoms with Gasteiger partial charge in [0.15, 0.2) is 0 Å². The molecular weight excluding hydrogens is 207 g/mol. The molecule has 3 N–H and O–H groups in total. The maximum absolute atomic E-state index is 13.7. The van der Waals surface area contributed by atoms with Crippen LogP contribution in [0.1, 0.15) is 31.0 Å². The average Bonchev–Trinajstić information content (AvgIpc) is 2.21. The number of benzene rings is 1. The lowest BCUT2D eigenvalue weighted by atomic mass is 10.1. The second kappa shape index (κ2) is 5.94. The quantitative estimate of drug-likeness (QED) is 0.597. The van der Waals surface area contributed by atoms with Crippen LogP contribution in [-0.2, 0) is 4.74 Å². The molecule has 0 amide bonds. The summed E-state index contributed by atoms with van der Waals surface area (Å²) in [5.41, 5.74) is 4.00. The molecular formula is C12H19FN2O. The number of nitrogens with two attached hydrogens (primary N) is 1. The Balaban J connectivity index is 2.78. The molecule has 4 heteroatoms. The lowest BCUT2D eigenvalue weighted by molar-refractivity contribution is 0.0604. The third kappa shape index (κ3) is 3.56. The van der Waals surface area contributed by atoms with Gasteiger partial charge < -0.3 is 4.74 Å². The molecule has 1 rings (SSSR count). The van der Waals surface area contributed by atoms with Crippen LogP contribution >= 0.6 is 0 Å². The first-order valence-corrected chi connectivity index (χ1v) is 5.38. The molecule has 0 aromatic heterocycles. The number of hydrazine groups is 1. The van der Waals surface area contributed by atoms with E-state index in [1.807, 2.05) is 26.8 Å². The van der Waals surface area contributed by atoms with E-state index in [0.717, 1.165) is 5.56 Å². The third-order valence-electron chi connectivity index (χ3n) is 2.33. The number of rotatable bonds is 5. The summed E-state index contributed by atoms with van der Waals surface area (Å²) in [6.45, 7) is 6.06. The largest absolute Gasteiger partial charge is 0.377 e. The van der Waals surface area contributed by atoms with Crippen LogP contribution < -0.4 is 11.3 Å². The summed E-state index contributed by atoms with van der Waals surface area (Å²) >= 11 is 0. The summed E-state index contributed by atoms with van der Waals surface area (Å²) in [4.78, 5) is 0. The third-order valence-corrected chi connectivity index (χ3v) is 2.33. The van der Waals surface area contributed by atoms with Crippen LogP contribution in [-0.4, -0.2) is 12.7 Å². The van der Waals surface area contributed by atoms with Gasteiger partial charge in [0.1, 0.15) is 5.82 Å². The molecule has 0 spiro atoms. The van der Waals surface area contributed by atoms with E-state index in [0.29, 0.717) is 12.2 Å². The van der Waals surface area contributed by atoms with Crippen molar-refractivity contribution in [1.82, 2.24) is 5.43 Å². The summed E-state index contributed by atoms with van der Waals surface area (Å²) in [6.07, 6.45) is 0.101. The molecule has 0 saturated carbocycles. The van der Waals surface area contributed by atoms with Crippen molar-refractivity contribution in [3.63, 3.8) is 0 Å². The molecule has 0 aliphatic carbocycles. The van der Waals surface area contributed by atoms with Crippen molar-refractivity contribution in [2.24, 2.45) is 5.84 Å². The van der Waals surface area contributed by atoms with Crippen molar-refractivity contribution in [2.75, 3.05) is 6.61 Å². The zero-order chi connectivity index (χ0) is 12.1. The van der Waals surface area contributed by atoms with Crippen LogP contribution in [0.25, 0.3) is 0 Å². The van der Waals surface area contributed by atoms with Gasteiger partial charge in [-0.1, -0.05) is 12.1 Å². The van der Waals surface area contributed by atoms with E-state index in [-0.39, 0.29) is 18.0 Å². The molecule has 1 aromatic carbocycles. The first kappa shape index (κ1) is 13.1. The van der Waals surface area contributed by atoms with E-state index in [9.17, 15) is 4.39 Å². The van der Waals surface area contributed by atoms with Crippen LogP contribution in [0.3, 0.4) is 0 Å². The van der Waals surface area contributed by atoms with Gasteiger partial charge in [0.25, 0.3) is 0 Å². The molecule has 0 radical (unpaired) electrons. The van der Waals surface area contributed by atoms with E-state index in [1.165, 1.54) is 6.07 Å². The molecule has 16 heavy (non-hydrogen) atoms. The molecule has 0 bridgehead atoms. The predicted molar refractivity (Wildman–Crippen MR) is 62.3 cm³/mol. The molecule has 0 fully saturated rings. The molecule has 0 heterocycles. The highest BCUT2D eigenvalue weighted by Crippen LogP contribution is 2.18. The Hall–Kier alpha value is -0.970. The van der Waals surface area contributed by atoms with Crippen LogP contribution in [0.5, 0.6) is 0 Å². The van der Waals surface area contributed by atoms with Crippen molar-refractivity contribution < 1.29 is 9.13 Å². The Morgan fingerprint density at radius 1 is 1.44 bits per heavy atom. The van der Waals surface area contributed by atoms with Gasteiger partial charge in [0.05, 0.1) is 18.8 Å². The summed E-state index contributed by atoms with van der Waals surface area (Å²) < 4.78 is 19.1. The van der Waals surface area contributed by atoms with Crippen LogP contribution in [0.15, 0.2) is 18.2 Å². The van der Waals surface area contributed by atoms with Gasteiger partial charge in [0, 0.05) is 5.56 Å². The monoisotopic (exact) mass is 226 g/mol. The number of ether oxygens (including phenoxy) is 1. The highest BCUT2D eigenvalue weighted by atomic mass is 19.1. The zero-order valence-corrected chi connectivity index (χ0v) is 9.96. The molecule has 1 unspecified atom stereocenters. The number of nitrogens with one attached hydrogen (secondary N) is 1. The average molecular weight is 226 g/mol. The fourth-order valence-electron chi connectivity index (χ4n) is 1.43. The van der Waals surface area contributed by atoms with E-state index in [4.69, 9.17) is 10.6 Å². The van der Waals surface area contributed by atoms with Gasteiger partial charge in [-0.2, -0.15) is 0 Å². The van der Waals surface area contributed by atoms with Crippen LogP contribution in [0.4, 0.5) is 4.39 Å². The van der Waals surface area contributed by atoms with Crippen molar-refractivity contribution in [3.8, 4) is 0 Å². The topological polar surface area (TPSA) is 47.3 Å². The normalized spacial score (nSPS) is 13.1. The molecule has 3 nitrogen and oxygen atoms in total. The molecule has 0 saturated heterocycles. The van der Waals surface area contributed by atoms with E-state index in [1.54, 1.807) is 6.07 Å². The van der Waals surface area contributed by atoms with Crippen LogP contribution in [0, 0.1) is 12.7 Å². The fourth-order valence-corrected chi connectivity index (χ4v) is 1.43. The second-order valence-electron chi connectivity index (χ2n) is 4.13. The summed E-state index contributed by atoms with van der Waals surface area (Å²) in [5.74, 6) is 5.15. The smallest absolute Gasteiger partial charge is 0.128 e. The van der Waals surface area contributed by atoms with Crippen molar-refractivity contribution in [2.45, 2.75) is 32.9 Å². The highest BCUT2D eigenvalue weighted by Gasteiger charge is 2.15. The molecule has 0 aliphatic rings. The summed E-state index contributed by atoms with van der Waals surface area (Å²) in [7, 11) is 0. The Morgan fingerprint density at radius 3 is 2.62 bits per heavy atom. The Labute approximate surface area is 95.8 Å². The lowest BCUT2D eigenvalue weighted by Gasteiger charge is -2.19. The highest BCUT2D eigenvalue weighted by molar-refractivity contribution is 5.26. The minimum atomic E-state index is -0.317. The maximum Gasteiger partial charge on any atom is 0.128 e. The van der Waals surface area contributed by atoms with Gasteiger partial charge in [0.2, 0.25) is 0 Å². The van der Waals surface area contributed by atoms with E-state index >= 15 is 0 Å². The van der Waals surface area contributed by atoms with Crippen molar-refractivity contribution in [3.05, 3.63) is 35.1 Å². The van der Waals surface area contributed by atoms with Gasteiger partial charge >= 0.3 is 0 Å². The maximum atomic E-state index is 13.7. The summed E-state index contributed by atoms with van der Waals surface area (Å²) in [5, 5.41) is 0. The molecule has 0 aliphatic heterocycles. The number of hydrogen-bond acceptors (Lipinski definition) is 3. The minimum absolute atomic E-state index is 0.101. The zero-order valence-electron chi connectivity index (χ0n) is 9.96. The van der Waals surface area contributed by atoms with Gasteiger partial charge in [-0.3, -0.25) is 11.3 Å². The minimum Gasteiger partial charge on any atom is -0.377 e. The first-order valence-electron chi connectivity index (χ1n) is 5.38. The van der Waals surface area contributed by atoms with E-state index < -0.39 is 0 Å². The summed E-state index contributed by atoms with van der Waals surface area (Å²) in [6, 6.07) is 4.77. The fraction of sp³-hybridized carbons (Fsp3) is 0.500. The van der Waals surface area contributed by atoms with Gasteiger partial charge in [-0.25, -0.2) is 4.39 Å². The van der Waals surface area contributed by atoms with Gasteiger partial charge in [-0.15, -0.1) is 0 Å². The standard InChI is InChI=1S/C12H19FN2O/c1-8(2)16-7-12(15-14)10-5-4-9(3)6-11(10)13/h4-6,8,12,15H,7,14H2,1-3H3. The number of hydrogen-bond donors (Lipinski definition) is 2. The lowest BCUT2D eigenvalue weighted by Crippen LogP contribution is -2.32. The predicted octanol–water partition coefficient (Wildman–Crippen LogP) is 2.06.